The maximum Gasteiger partial charge on any atom is 0.0317 e. The molecule has 41 valence electrons. The van der Waals surface area contributed by atoms with Gasteiger partial charge in [0.15, 0.2) is 0 Å². The monoisotopic (exact) mass is 162 g/mol. The molecule has 0 spiro atoms. The van der Waals surface area contributed by atoms with Gasteiger partial charge in [-0.3, -0.25) is 0 Å². The van der Waals surface area contributed by atoms with E-state index in [1.54, 1.807) is 0 Å². The van der Waals surface area contributed by atoms with E-state index in [0.717, 1.165) is 6.54 Å². The highest BCUT2D eigenvalue weighted by Gasteiger charge is 2.15. The van der Waals surface area contributed by atoms with Gasteiger partial charge in [-0.2, -0.15) is 0 Å². The quantitative estimate of drug-likeness (QED) is 0.479. The Bertz CT molecular complexity index is 57.1. The van der Waals surface area contributed by atoms with Crippen molar-refractivity contribution >= 4 is 15.9 Å². The molecular weight excluding hydrogens is 154 g/mol. The lowest BCUT2D eigenvalue weighted by Crippen LogP contribution is -2.13. The summed E-state index contributed by atoms with van der Waals surface area (Å²) in [7, 11) is 2.12. The highest BCUT2D eigenvalue weighted by atomic mass is 79.9. The van der Waals surface area contributed by atoms with Crippen molar-refractivity contribution in [1.82, 2.24) is 4.90 Å². The van der Waals surface area contributed by atoms with Crippen molar-refractivity contribution in [3.8, 4) is 0 Å². The van der Waals surface area contributed by atoms with Gasteiger partial charge < -0.3 is 4.90 Å². The summed E-state index contributed by atoms with van der Waals surface area (Å²) in [5, 5.41) is 0. The van der Waals surface area contributed by atoms with Gasteiger partial charge in [-0.05, 0) is 13.5 Å². The number of likely N-dealkylation sites (tertiary alicyclic amines) is 1. The molecule has 1 radical (unpaired) electrons. The first-order valence-electron chi connectivity index (χ1n) is 2.45. The molecule has 0 bridgehead atoms. The average Bonchev–Trinajstić information content (AvgIpc) is 1.87. The molecule has 1 unspecified atom stereocenters. The summed E-state index contributed by atoms with van der Waals surface area (Å²) in [4.78, 5) is 2.91. The number of halogens is 1. The van der Waals surface area contributed by atoms with Crippen LogP contribution in [0.25, 0.3) is 0 Å². The normalized spacial score (nSPS) is 34.3. The van der Waals surface area contributed by atoms with Crippen LogP contribution in [0.2, 0.25) is 0 Å². The lowest BCUT2D eigenvalue weighted by molar-refractivity contribution is 0.427. The summed E-state index contributed by atoms with van der Waals surface area (Å²) in [5.41, 5.74) is 0. The van der Waals surface area contributed by atoms with E-state index in [9.17, 15) is 0 Å². The minimum atomic E-state index is 0.637. The molecule has 0 aromatic rings. The average molecular weight is 163 g/mol. The third-order valence-corrected chi connectivity index (χ3v) is 1.82. The van der Waals surface area contributed by atoms with Gasteiger partial charge in [0.25, 0.3) is 0 Å². The fourth-order valence-electron chi connectivity index (χ4n) is 0.741. The summed E-state index contributed by atoms with van der Waals surface area (Å²) < 4.78 is 0. The zero-order valence-electron chi connectivity index (χ0n) is 4.39. The zero-order chi connectivity index (χ0) is 5.28. The first kappa shape index (κ1) is 5.57. The molecule has 0 aliphatic carbocycles. The number of rotatable bonds is 0. The van der Waals surface area contributed by atoms with Gasteiger partial charge >= 0.3 is 0 Å². The Morgan fingerprint density at radius 1 is 1.86 bits per heavy atom. The zero-order valence-corrected chi connectivity index (χ0v) is 5.98. The van der Waals surface area contributed by atoms with Crippen LogP contribution in [0.4, 0.5) is 0 Å². The molecule has 1 fully saturated rings. The summed E-state index contributed by atoms with van der Waals surface area (Å²) in [6, 6.07) is 0. The lowest BCUT2D eigenvalue weighted by atomic mass is 10.4. The topological polar surface area (TPSA) is 3.24 Å². The predicted octanol–water partition coefficient (Wildman–Crippen LogP) is 0.900. The van der Waals surface area contributed by atoms with Gasteiger partial charge in [0.2, 0.25) is 0 Å². The van der Waals surface area contributed by atoms with E-state index in [1.165, 1.54) is 6.54 Å². The minimum absolute atomic E-state index is 0.637. The van der Waals surface area contributed by atoms with Crippen LogP contribution in [0, 0.1) is 6.42 Å². The van der Waals surface area contributed by atoms with Crippen LogP contribution < -0.4 is 0 Å². The molecule has 1 saturated heterocycles. The molecule has 2 heteroatoms. The summed E-state index contributed by atoms with van der Waals surface area (Å²) >= 11 is 3.48. The second kappa shape index (κ2) is 2.14. The Labute approximate surface area is 52.8 Å². The molecule has 0 saturated carbocycles. The Kier molecular flexibility index (Phi) is 1.70. The fourth-order valence-corrected chi connectivity index (χ4v) is 1.40. The van der Waals surface area contributed by atoms with Crippen LogP contribution in [0.5, 0.6) is 0 Å². The van der Waals surface area contributed by atoms with E-state index >= 15 is 0 Å². The van der Waals surface area contributed by atoms with E-state index < -0.39 is 0 Å². The van der Waals surface area contributed by atoms with Crippen LogP contribution in [0.15, 0.2) is 0 Å². The molecule has 1 nitrogen and oxygen atoms in total. The van der Waals surface area contributed by atoms with Gasteiger partial charge in [0.05, 0.1) is 0 Å². The second-order valence-electron chi connectivity index (χ2n) is 1.97. The van der Waals surface area contributed by atoms with Crippen LogP contribution in [0.3, 0.4) is 0 Å². The Balaban J connectivity index is 2.26. The number of hydrogen-bond donors (Lipinski definition) is 0. The summed E-state index contributed by atoms with van der Waals surface area (Å²) in [6.07, 6.45) is 2.26. The first-order chi connectivity index (χ1) is 3.29. The fraction of sp³-hybridized carbons (Fsp3) is 0.800. The molecule has 1 heterocycles. The van der Waals surface area contributed by atoms with E-state index in [-0.39, 0.29) is 0 Å². The van der Waals surface area contributed by atoms with Crippen molar-refractivity contribution in [3.05, 3.63) is 6.42 Å². The molecule has 0 N–H and O–H groups in total. The van der Waals surface area contributed by atoms with Crippen molar-refractivity contribution < 1.29 is 0 Å². The number of hydrogen-bond acceptors (Lipinski definition) is 1. The van der Waals surface area contributed by atoms with E-state index in [1.807, 2.05) is 0 Å². The van der Waals surface area contributed by atoms with Crippen LogP contribution in [-0.2, 0) is 0 Å². The van der Waals surface area contributed by atoms with Gasteiger partial charge in [-0.15, -0.1) is 0 Å². The molecule has 7 heavy (non-hydrogen) atoms. The molecular formula is C5H9BrN. The van der Waals surface area contributed by atoms with Crippen molar-refractivity contribution in [2.75, 3.05) is 20.1 Å². The highest BCUT2D eigenvalue weighted by Crippen LogP contribution is 2.12. The number of alkyl halides is 1. The number of nitrogens with zero attached hydrogens (tertiary/aromatic N) is 1. The Morgan fingerprint density at radius 3 is 2.71 bits per heavy atom. The van der Waals surface area contributed by atoms with E-state index in [2.05, 4.69) is 34.3 Å². The van der Waals surface area contributed by atoms with Gasteiger partial charge in [0.1, 0.15) is 0 Å². The Hall–Kier alpha value is 0.440. The molecule has 0 aromatic heterocycles. The summed E-state index contributed by atoms with van der Waals surface area (Å²) in [5.74, 6) is 0. The van der Waals surface area contributed by atoms with Crippen molar-refractivity contribution in [3.63, 3.8) is 0 Å². The van der Waals surface area contributed by atoms with E-state index in [0.29, 0.717) is 4.83 Å². The predicted molar refractivity (Wildman–Crippen MR) is 34.5 cm³/mol. The third kappa shape index (κ3) is 1.42. The molecule has 1 aliphatic rings. The van der Waals surface area contributed by atoms with Crippen molar-refractivity contribution in [2.45, 2.75) is 4.83 Å². The molecule has 0 aromatic carbocycles. The second-order valence-corrected chi connectivity index (χ2v) is 3.15. The first-order valence-corrected chi connectivity index (χ1v) is 3.36. The molecule has 1 aliphatic heterocycles. The summed E-state index contributed by atoms with van der Waals surface area (Å²) in [6.45, 7) is 2.30. The largest absolute Gasteiger partial charge is 0.305 e. The minimum Gasteiger partial charge on any atom is -0.305 e. The Morgan fingerprint density at radius 2 is 2.57 bits per heavy atom. The van der Waals surface area contributed by atoms with Crippen LogP contribution in [-0.4, -0.2) is 29.9 Å². The molecule has 0 amide bonds. The van der Waals surface area contributed by atoms with Crippen LogP contribution >= 0.6 is 15.9 Å². The van der Waals surface area contributed by atoms with Gasteiger partial charge in [-0.25, -0.2) is 0 Å². The highest BCUT2D eigenvalue weighted by molar-refractivity contribution is 9.09. The van der Waals surface area contributed by atoms with Gasteiger partial charge in [0, 0.05) is 17.9 Å². The SMILES string of the molecule is CN1C[CH]C(Br)C1. The molecule has 1 atom stereocenters. The van der Waals surface area contributed by atoms with Gasteiger partial charge in [-0.1, -0.05) is 15.9 Å². The maximum atomic E-state index is 3.48. The van der Waals surface area contributed by atoms with Crippen LogP contribution in [0.1, 0.15) is 0 Å². The molecule has 1 rings (SSSR count). The third-order valence-electron chi connectivity index (χ3n) is 1.16. The van der Waals surface area contributed by atoms with Crippen molar-refractivity contribution in [1.29, 1.82) is 0 Å². The van der Waals surface area contributed by atoms with E-state index in [4.69, 9.17) is 0 Å². The maximum absolute atomic E-state index is 3.48. The smallest absolute Gasteiger partial charge is 0.0317 e. The van der Waals surface area contributed by atoms with Crippen molar-refractivity contribution in [2.24, 2.45) is 0 Å². The lowest BCUT2D eigenvalue weighted by Gasteiger charge is -2.02. The standard InChI is InChI=1S/C5H9BrN/c1-7-3-2-5(6)4-7/h2,5H,3-4H2,1H3.